The number of hydrogen-bond acceptors (Lipinski definition) is 3. The van der Waals surface area contributed by atoms with Crippen molar-refractivity contribution in [3.8, 4) is 11.1 Å². The van der Waals surface area contributed by atoms with Crippen LogP contribution in [0.4, 0.5) is 0 Å². The second-order valence-electron chi connectivity index (χ2n) is 8.13. The number of furan rings is 1. The summed E-state index contributed by atoms with van der Waals surface area (Å²) in [5, 5.41) is 0. The zero-order valence-electron chi connectivity index (χ0n) is 15.1. The topological polar surface area (TPSA) is 36.7 Å². The minimum atomic E-state index is 0.0573. The summed E-state index contributed by atoms with van der Waals surface area (Å²) in [6.45, 7) is 3.12. The van der Waals surface area contributed by atoms with Crippen molar-refractivity contribution >= 4 is 5.91 Å². The molecule has 136 valence electrons. The third kappa shape index (κ3) is 2.77. The molecule has 1 aromatic carbocycles. The molecule has 2 aliphatic heterocycles. The van der Waals surface area contributed by atoms with Gasteiger partial charge in [-0.3, -0.25) is 9.69 Å². The van der Waals surface area contributed by atoms with Crippen LogP contribution >= 0.6 is 0 Å². The molecule has 1 aromatic heterocycles. The number of nitrogens with zero attached hydrogens (tertiary/aromatic N) is 2. The maximum Gasteiger partial charge on any atom is 0.290 e. The molecule has 0 radical (unpaired) electrons. The number of amides is 1. The van der Waals surface area contributed by atoms with Crippen molar-refractivity contribution in [2.24, 2.45) is 5.92 Å². The summed E-state index contributed by atoms with van der Waals surface area (Å²) in [7, 11) is 0. The standard InChI is InChI=1S/C22H26N2O2/c25-22(21-20(10-11-26-21)17-8-2-1-3-9-17)24-15-18-12-19(24)14-23(18)13-16-6-4-5-7-16/h1-3,8-11,16,18-19H,4-7,12-15H2/t18-,19-/m0/s1. The number of fused-ring (bicyclic) bond motifs is 2. The zero-order valence-corrected chi connectivity index (χ0v) is 15.1. The van der Waals surface area contributed by atoms with E-state index in [9.17, 15) is 4.79 Å². The highest BCUT2D eigenvalue weighted by Gasteiger charge is 2.46. The van der Waals surface area contributed by atoms with Gasteiger partial charge in [0, 0.05) is 37.3 Å². The Morgan fingerprint density at radius 1 is 1.04 bits per heavy atom. The molecule has 26 heavy (non-hydrogen) atoms. The summed E-state index contributed by atoms with van der Waals surface area (Å²) < 4.78 is 5.63. The number of rotatable bonds is 4. The Morgan fingerprint density at radius 2 is 1.85 bits per heavy atom. The van der Waals surface area contributed by atoms with Crippen LogP contribution in [0.15, 0.2) is 47.1 Å². The molecule has 1 aliphatic carbocycles. The van der Waals surface area contributed by atoms with Crippen molar-refractivity contribution < 1.29 is 9.21 Å². The molecule has 1 amide bonds. The van der Waals surface area contributed by atoms with Crippen LogP contribution in [-0.2, 0) is 0 Å². The van der Waals surface area contributed by atoms with Gasteiger partial charge in [0.1, 0.15) is 0 Å². The largest absolute Gasteiger partial charge is 0.459 e. The smallest absolute Gasteiger partial charge is 0.290 e. The molecule has 3 fully saturated rings. The van der Waals surface area contributed by atoms with E-state index in [4.69, 9.17) is 4.42 Å². The molecule has 4 heteroatoms. The van der Waals surface area contributed by atoms with E-state index < -0.39 is 0 Å². The van der Waals surface area contributed by atoms with Crippen molar-refractivity contribution in [2.45, 2.75) is 44.2 Å². The van der Waals surface area contributed by atoms with E-state index >= 15 is 0 Å². The van der Waals surface area contributed by atoms with E-state index in [-0.39, 0.29) is 5.91 Å². The minimum Gasteiger partial charge on any atom is -0.459 e. The molecule has 2 atom stereocenters. The van der Waals surface area contributed by atoms with Gasteiger partial charge in [-0.2, -0.15) is 0 Å². The number of carbonyl (C=O) groups is 1. The first-order valence-corrected chi connectivity index (χ1v) is 9.97. The van der Waals surface area contributed by atoms with Gasteiger partial charge in [-0.05, 0) is 36.8 Å². The molecular weight excluding hydrogens is 324 g/mol. The van der Waals surface area contributed by atoms with E-state index in [1.165, 1.54) is 32.2 Å². The SMILES string of the molecule is O=C(c1occc1-c1ccccc1)N1C[C@@H]2C[C@H]1CN2CC1CCCC1. The Balaban J connectivity index is 1.29. The molecular formula is C22H26N2O2. The fourth-order valence-corrected chi connectivity index (χ4v) is 5.20. The van der Waals surface area contributed by atoms with Crippen molar-refractivity contribution in [3.05, 3.63) is 48.4 Å². The summed E-state index contributed by atoms with van der Waals surface area (Å²) in [5.41, 5.74) is 1.94. The molecule has 1 saturated carbocycles. The summed E-state index contributed by atoms with van der Waals surface area (Å²) in [6.07, 6.45) is 8.35. The van der Waals surface area contributed by atoms with Crippen molar-refractivity contribution in [1.29, 1.82) is 0 Å². The molecule has 2 bridgehead atoms. The second kappa shape index (κ2) is 6.58. The van der Waals surface area contributed by atoms with Gasteiger partial charge in [-0.1, -0.05) is 43.2 Å². The lowest BCUT2D eigenvalue weighted by Gasteiger charge is -2.35. The number of benzene rings is 1. The van der Waals surface area contributed by atoms with E-state index in [2.05, 4.69) is 9.80 Å². The van der Waals surface area contributed by atoms with Crippen molar-refractivity contribution in [1.82, 2.24) is 9.80 Å². The van der Waals surface area contributed by atoms with Gasteiger partial charge in [0.2, 0.25) is 0 Å². The van der Waals surface area contributed by atoms with Gasteiger partial charge in [0.05, 0.1) is 6.26 Å². The number of carbonyl (C=O) groups excluding carboxylic acids is 1. The summed E-state index contributed by atoms with van der Waals surface area (Å²) >= 11 is 0. The van der Waals surface area contributed by atoms with Gasteiger partial charge >= 0.3 is 0 Å². The van der Waals surface area contributed by atoms with Crippen LogP contribution in [0.25, 0.3) is 11.1 Å². The van der Waals surface area contributed by atoms with Gasteiger partial charge in [0.15, 0.2) is 5.76 Å². The van der Waals surface area contributed by atoms with Crippen LogP contribution in [0.5, 0.6) is 0 Å². The van der Waals surface area contributed by atoms with E-state index in [0.717, 1.165) is 36.6 Å². The molecule has 0 spiro atoms. The second-order valence-corrected chi connectivity index (χ2v) is 8.13. The Kier molecular flexibility index (Phi) is 4.08. The van der Waals surface area contributed by atoms with Crippen LogP contribution in [0, 0.1) is 5.92 Å². The number of piperazine rings is 1. The Bertz CT molecular complexity index is 778. The highest BCUT2D eigenvalue weighted by Crippen LogP contribution is 2.36. The van der Waals surface area contributed by atoms with Crippen LogP contribution in [0.3, 0.4) is 0 Å². The highest BCUT2D eigenvalue weighted by atomic mass is 16.3. The quantitative estimate of drug-likeness (QED) is 0.835. The lowest BCUT2D eigenvalue weighted by atomic mass is 10.1. The van der Waals surface area contributed by atoms with Crippen LogP contribution in [0.2, 0.25) is 0 Å². The molecule has 2 saturated heterocycles. The monoisotopic (exact) mass is 350 g/mol. The molecule has 4 nitrogen and oxygen atoms in total. The molecule has 2 aromatic rings. The normalized spacial score (nSPS) is 26.1. The van der Waals surface area contributed by atoms with Crippen LogP contribution in [-0.4, -0.2) is 47.4 Å². The molecule has 0 N–H and O–H groups in total. The third-order valence-electron chi connectivity index (χ3n) is 6.53. The summed E-state index contributed by atoms with van der Waals surface area (Å²) in [6, 6.07) is 12.8. The van der Waals surface area contributed by atoms with E-state index in [1.54, 1.807) is 6.26 Å². The predicted molar refractivity (Wildman–Crippen MR) is 101 cm³/mol. The maximum atomic E-state index is 13.2. The Labute approximate surface area is 154 Å². The van der Waals surface area contributed by atoms with Crippen LogP contribution in [0.1, 0.15) is 42.7 Å². The Hall–Kier alpha value is -2.07. The third-order valence-corrected chi connectivity index (χ3v) is 6.53. The first kappa shape index (κ1) is 16.1. The minimum absolute atomic E-state index is 0.0573. The summed E-state index contributed by atoms with van der Waals surface area (Å²) in [4.78, 5) is 17.9. The van der Waals surface area contributed by atoms with E-state index in [0.29, 0.717) is 17.8 Å². The fourth-order valence-electron chi connectivity index (χ4n) is 5.20. The maximum absolute atomic E-state index is 13.2. The molecule has 5 rings (SSSR count). The summed E-state index contributed by atoms with van der Waals surface area (Å²) in [5.74, 6) is 1.43. The number of likely N-dealkylation sites (tertiary alicyclic amines) is 2. The van der Waals surface area contributed by atoms with Gasteiger partial charge in [-0.15, -0.1) is 0 Å². The number of hydrogen-bond donors (Lipinski definition) is 0. The average Bonchev–Trinajstić information content (AvgIpc) is 3.45. The van der Waals surface area contributed by atoms with E-state index in [1.807, 2.05) is 36.4 Å². The fraction of sp³-hybridized carbons (Fsp3) is 0.500. The lowest BCUT2D eigenvalue weighted by molar-refractivity contribution is 0.0576. The predicted octanol–water partition coefficient (Wildman–Crippen LogP) is 4.04. The van der Waals surface area contributed by atoms with Crippen molar-refractivity contribution in [2.75, 3.05) is 19.6 Å². The average molecular weight is 350 g/mol. The van der Waals surface area contributed by atoms with Crippen molar-refractivity contribution in [3.63, 3.8) is 0 Å². The Morgan fingerprint density at radius 3 is 2.58 bits per heavy atom. The first-order valence-electron chi connectivity index (χ1n) is 9.97. The van der Waals surface area contributed by atoms with Gasteiger partial charge in [-0.25, -0.2) is 0 Å². The lowest BCUT2D eigenvalue weighted by Crippen LogP contribution is -2.49. The highest BCUT2D eigenvalue weighted by molar-refractivity contribution is 5.98. The zero-order chi connectivity index (χ0) is 17.5. The van der Waals surface area contributed by atoms with Gasteiger partial charge in [0.25, 0.3) is 5.91 Å². The van der Waals surface area contributed by atoms with Gasteiger partial charge < -0.3 is 9.32 Å². The first-order chi connectivity index (χ1) is 12.8. The molecule has 3 aliphatic rings. The molecule has 0 unspecified atom stereocenters. The molecule has 3 heterocycles. The van der Waals surface area contributed by atoms with Crippen LogP contribution < -0.4 is 0 Å².